The maximum Gasteiger partial charge on any atom is 0.337 e. The van der Waals surface area contributed by atoms with Gasteiger partial charge in [0.05, 0.1) is 0 Å². The van der Waals surface area contributed by atoms with Crippen LogP contribution in [0.25, 0.3) is 0 Å². The van der Waals surface area contributed by atoms with Gasteiger partial charge in [0.1, 0.15) is 0 Å². The number of aliphatic carboxylic acids is 1. The standard InChI is InChI=1S/C8H11N.C8H8O3/c1-7(9)8-5-3-2-4-6-8;9-7(8(10)11)6-4-2-1-3-5-6/h2-7H,9H2,1H3;1-5,7,9H,(H,10,11). The molecule has 106 valence electrons. The zero-order valence-corrected chi connectivity index (χ0v) is 11.3. The first-order chi connectivity index (χ1) is 9.52. The average molecular weight is 273 g/mol. The Morgan fingerprint density at radius 2 is 1.35 bits per heavy atom. The van der Waals surface area contributed by atoms with Gasteiger partial charge in [-0.1, -0.05) is 60.7 Å². The molecule has 2 unspecified atom stereocenters. The molecule has 0 heterocycles. The summed E-state index contributed by atoms with van der Waals surface area (Å²) in [6, 6.07) is 18.5. The quantitative estimate of drug-likeness (QED) is 0.802. The predicted molar refractivity (Wildman–Crippen MR) is 78.1 cm³/mol. The number of benzene rings is 2. The van der Waals surface area contributed by atoms with Gasteiger partial charge in [-0.2, -0.15) is 0 Å². The van der Waals surface area contributed by atoms with Gasteiger partial charge in [-0.15, -0.1) is 0 Å². The highest BCUT2D eigenvalue weighted by Crippen LogP contribution is 2.11. The van der Waals surface area contributed by atoms with E-state index in [1.165, 1.54) is 5.56 Å². The minimum atomic E-state index is -1.41. The van der Waals surface area contributed by atoms with E-state index in [0.717, 1.165) is 0 Å². The van der Waals surface area contributed by atoms with Gasteiger partial charge in [0, 0.05) is 6.04 Å². The Hall–Kier alpha value is -2.17. The van der Waals surface area contributed by atoms with Crippen molar-refractivity contribution in [1.29, 1.82) is 0 Å². The first-order valence-corrected chi connectivity index (χ1v) is 6.28. The summed E-state index contributed by atoms with van der Waals surface area (Å²) in [4.78, 5) is 10.2. The third-order valence-corrected chi connectivity index (χ3v) is 2.67. The molecular formula is C16H19NO3. The molecule has 0 saturated carbocycles. The number of rotatable bonds is 3. The van der Waals surface area contributed by atoms with Crippen LogP contribution in [-0.4, -0.2) is 16.2 Å². The lowest BCUT2D eigenvalue weighted by Gasteiger charge is -2.03. The van der Waals surface area contributed by atoms with Crippen molar-refractivity contribution in [2.75, 3.05) is 0 Å². The summed E-state index contributed by atoms with van der Waals surface area (Å²) >= 11 is 0. The number of carboxylic acid groups (broad SMARTS) is 1. The fourth-order valence-electron chi connectivity index (χ4n) is 1.53. The van der Waals surface area contributed by atoms with Crippen molar-refractivity contribution in [2.45, 2.75) is 19.1 Å². The van der Waals surface area contributed by atoms with Crippen LogP contribution in [-0.2, 0) is 4.79 Å². The van der Waals surface area contributed by atoms with Crippen LogP contribution in [0.4, 0.5) is 0 Å². The number of hydrogen-bond acceptors (Lipinski definition) is 3. The number of nitrogens with two attached hydrogens (primary N) is 1. The van der Waals surface area contributed by atoms with Crippen LogP contribution in [0, 0.1) is 0 Å². The Kier molecular flexibility index (Phi) is 6.43. The lowest BCUT2D eigenvalue weighted by Crippen LogP contribution is -2.09. The van der Waals surface area contributed by atoms with Crippen molar-refractivity contribution in [3.8, 4) is 0 Å². The second-order valence-corrected chi connectivity index (χ2v) is 4.35. The predicted octanol–water partition coefficient (Wildman–Crippen LogP) is 2.51. The number of carboxylic acids is 1. The summed E-state index contributed by atoms with van der Waals surface area (Å²) in [5.41, 5.74) is 7.21. The minimum Gasteiger partial charge on any atom is -0.479 e. The summed E-state index contributed by atoms with van der Waals surface area (Å²) in [7, 11) is 0. The van der Waals surface area contributed by atoms with Crippen molar-refractivity contribution in [1.82, 2.24) is 0 Å². The minimum absolute atomic E-state index is 0.159. The van der Waals surface area contributed by atoms with Gasteiger partial charge < -0.3 is 15.9 Å². The van der Waals surface area contributed by atoms with E-state index in [1.54, 1.807) is 30.3 Å². The number of aliphatic hydroxyl groups is 1. The summed E-state index contributed by atoms with van der Waals surface area (Å²) in [6.45, 7) is 1.98. The lowest BCUT2D eigenvalue weighted by molar-refractivity contribution is -0.146. The molecule has 4 nitrogen and oxygen atoms in total. The number of hydrogen-bond donors (Lipinski definition) is 3. The van der Waals surface area contributed by atoms with E-state index in [4.69, 9.17) is 15.9 Å². The maximum absolute atomic E-state index is 10.2. The molecule has 0 aromatic heterocycles. The van der Waals surface area contributed by atoms with E-state index < -0.39 is 12.1 Å². The van der Waals surface area contributed by atoms with Crippen LogP contribution >= 0.6 is 0 Å². The van der Waals surface area contributed by atoms with Crippen LogP contribution in [0.5, 0.6) is 0 Å². The van der Waals surface area contributed by atoms with Gasteiger partial charge in [-0.25, -0.2) is 4.79 Å². The van der Waals surface area contributed by atoms with Crippen LogP contribution < -0.4 is 5.73 Å². The first-order valence-electron chi connectivity index (χ1n) is 6.28. The lowest BCUT2D eigenvalue weighted by atomic mass is 10.1. The highest BCUT2D eigenvalue weighted by Gasteiger charge is 2.14. The first kappa shape index (κ1) is 15.9. The van der Waals surface area contributed by atoms with Gasteiger partial charge in [-0.3, -0.25) is 0 Å². The Labute approximate surface area is 118 Å². The molecule has 0 fully saturated rings. The smallest absolute Gasteiger partial charge is 0.337 e. The molecule has 2 atom stereocenters. The summed E-state index contributed by atoms with van der Waals surface area (Å²) in [5, 5.41) is 17.4. The van der Waals surface area contributed by atoms with E-state index in [9.17, 15) is 4.79 Å². The van der Waals surface area contributed by atoms with Crippen molar-refractivity contribution < 1.29 is 15.0 Å². The van der Waals surface area contributed by atoms with Crippen LogP contribution in [0.15, 0.2) is 60.7 Å². The van der Waals surface area contributed by atoms with Gasteiger partial charge in [0.25, 0.3) is 0 Å². The summed E-state index contributed by atoms with van der Waals surface area (Å²) in [6.07, 6.45) is -1.41. The average Bonchev–Trinajstić information content (AvgIpc) is 2.49. The highest BCUT2D eigenvalue weighted by molar-refractivity contribution is 5.73. The fourth-order valence-corrected chi connectivity index (χ4v) is 1.53. The van der Waals surface area contributed by atoms with Gasteiger partial charge in [-0.05, 0) is 18.1 Å². The van der Waals surface area contributed by atoms with Gasteiger partial charge in [0.2, 0.25) is 0 Å². The second-order valence-electron chi connectivity index (χ2n) is 4.35. The fraction of sp³-hybridized carbons (Fsp3) is 0.188. The topological polar surface area (TPSA) is 83.6 Å². The molecule has 0 aliphatic rings. The maximum atomic E-state index is 10.2. The molecule has 4 N–H and O–H groups in total. The Balaban J connectivity index is 0.000000204. The van der Waals surface area contributed by atoms with Crippen molar-refractivity contribution in [3.05, 3.63) is 71.8 Å². The van der Waals surface area contributed by atoms with Gasteiger partial charge >= 0.3 is 5.97 Å². The molecule has 0 aliphatic carbocycles. The normalized spacial score (nSPS) is 12.8. The van der Waals surface area contributed by atoms with Crippen LogP contribution in [0.1, 0.15) is 30.2 Å². The van der Waals surface area contributed by atoms with Crippen LogP contribution in [0.3, 0.4) is 0 Å². The van der Waals surface area contributed by atoms with Crippen molar-refractivity contribution >= 4 is 5.97 Å². The Morgan fingerprint density at radius 3 is 1.65 bits per heavy atom. The zero-order chi connectivity index (χ0) is 15.0. The number of carbonyl (C=O) groups is 1. The largest absolute Gasteiger partial charge is 0.479 e. The molecule has 0 amide bonds. The molecule has 2 aromatic rings. The van der Waals surface area contributed by atoms with E-state index >= 15 is 0 Å². The number of aliphatic hydroxyl groups excluding tert-OH is 1. The molecule has 2 rings (SSSR count). The monoisotopic (exact) mass is 273 g/mol. The Morgan fingerprint density at radius 1 is 0.950 bits per heavy atom. The third kappa shape index (κ3) is 5.22. The second kappa shape index (κ2) is 8.09. The molecule has 0 saturated heterocycles. The SMILES string of the molecule is CC(N)c1ccccc1.O=C(O)C(O)c1ccccc1. The molecule has 0 radical (unpaired) electrons. The summed E-state index contributed by atoms with van der Waals surface area (Å²) < 4.78 is 0. The summed E-state index contributed by atoms with van der Waals surface area (Å²) in [5.74, 6) is -1.23. The van der Waals surface area contributed by atoms with E-state index in [1.807, 2.05) is 37.3 Å². The molecule has 4 heteroatoms. The van der Waals surface area contributed by atoms with E-state index in [0.29, 0.717) is 5.56 Å². The molecule has 0 spiro atoms. The molecule has 0 bridgehead atoms. The zero-order valence-electron chi connectivity index (χ0n) is 11.3. The van der Waals surface area contributed by atoms with Gasteiger partial charge in [0.15, 0.2) is 6.10 Å². The molecule has 2 aromatic carbocycles. The van der Waals surface area contributed by atoms with Crippen LogP contribution in [0.2, 0.25) is 0 Å². The molecule has 20 heavy (non-hydrogen) atoms. The third-order valence-electron chi connectivity index (χ3n) is 2.67. The highest BCUT2D eigenvalue weighted by atomic mass is 16.4. The van der Waals surface area contributed by atoms with Crippen molar-refractivity contribution in [3.63, 3.8) is 0 Å². The van der Waals surface area contributed by atoms with E-state index in [-0.39, 0.29) is 6.04 Å². The molecular weight excluding hydrogens is 254 g/mol. The van der Waals surface area contributed by atoms with Crippen molar-refractivity contribution in [2.24, 2.45) is 5.73 Å². The van der Waals surface area contributed by atoms with E-state index in [2.05, 4.69) is 0 Å². The molecule has 0 aliphatic heterocycles. The Bertz CT molecular complexity index is 512.